The zero-order valence-corrected chi connectivity index (χ0v) is 29.8. The van der Waals surface area contributed by atoms with Crippen molar-refractivity contribution in [1.29, 1.82) is 0 Å². The first kappa shape index (κ1) is 35.8. The summed E-state index contributed by atoms with van der Waals surface area (Å²) in [4.78, 5) is 27.3. The summed E-state index contributed by atoms with van der Waals surface area (Å²) < 4.78 is 18.3. The van der Waals surface area contributed by atoms with E-state index in [0.717, 1.165) is 0 Å². The van der Waals surface area contributed by atoms with E-state index in [2.05, 4.69) is 99.0 Å². The lowest BCUT2D eigenvalue weighted by molar-refractivity contribution is -0.161. The van der Waals surface area contributed by atoms with Gasteiger partial charge in [-0.15, -0.1) is 0 Å². The van der Waals surface area contributed by atoms with Crippen LogP contribution in [0.15, 0.2) is 18.2 Å². The molecule has 0 amide bonds. The Balaban J connectivity index is 1.61. The van der Waals surface area contributed by atoms with E-state index in [-0.39, 0.29) is 62.7 Å². The quantitative estimate of drug-likeness (QED) is 0.215. The largest absolute Gasteiger partial charge is 0.459 e. The molecule has 3 fully saturated rings. The lowest BCUT2D eigenvalue weighted by atomic mass is 9.81. The molecule has 3 heterocycles. The van der Waals surface area contributed by atoms with Gasteiger partial charge < -0.3 is 35.3 Å². The van der Waals surface area contributed by atoms with Crippen LogP contribution in [0.25, 0.3) is 0 Å². The van der Waals surface area contributed by atoms with Crippen molar-refractivity contribution >= 4 is 11.9 Å². The molecule has 0 aliphatic carbocycles. The average Bonchev–Trinajstić information content (AvgIpc) is 2.77. The summed E-state index contributed by atoms with van der Waals surface area (Å²) in [5.41, 5.74) is -0.496. The third-order valence-electron chi connectivity index (χ3n) is 9.04. The Hall–Kier alpha value is -2.04. The van der Waals surface area contributed by atoms with Crippen molar-refractivity contribution in [1.82, 2.24) is 16.0 Å². The number of esters is 2. The molecule has 9 heteroatoms. The summed E-state index contributed by atoms with van der Waals surface area (Å²) in [5.74, 6) is -1.07. The van der Waals surface area contributed by atoms with E-state index in [1.54, 1.807) is 12.1 Å². The minimum atomic E-state index is -1.34. The van der Waals surface area contributed by atoms with Gasteiger partial charge in [0.25, 0.3) is 0 Å². The molecule has 45 heavy (non-hydrogen) atoms. The molecule has 1 unspecified atom stereocenters. The van der Waals surface area contributed by atoms with E-state index in [1.165, 1.54) is 6.07 Å². The highest BCUT2D eigenvalue weighted by Crippen LogP contribution is 2.35. The number of carbonyl (C=O) groups is 2. The predicted octanol–water partition coefficient (Wildman–Crippen LogP) is 5.94. The fourth-order valence-corrected chi connectivity index (χ4v) is 8.68. The monoisotopic (exact) mass is 629 g/mol. The molecule has 0 bridgehead atoms. The fourth-order valence-electron chi connectivity index (χ4n) is 8.68. The molecule has 0 radical (unpaired) electrons. The summed E-state index contributed by atoms with van der Waals surface area (Å²) in [7, 11) is 0. The summed E-state index contributed by atoms with van der Waals surface area (Å²) in [6, 6.07) is 4.68. The van der Waals surface area contributed by atoms with E-state index in [1.807, 2.05) is 0 Å². The summed E-state index contributed by atoms with van der Waals surface area (Å²) in [5, 5.41) is 22.2. The van der Waals surface area contributed by atoms with Crippen molar-refractivity contribution < 1.29 is 28.9 Å². The van der Waals surface area contributed by atoms with Crippen molar-refractivity contribution in [2.75, 3.05) is 0 Å². The normalized spacial score (nSPS) is 26.5. The number of nitrogens with one attached hydrogen (secondary N) is 3. The highest BCUT2D eigenvalue weighted by atomic mass is 16.6. The Morgan fingerprint density at radius 3 is 1.18 bits per heavy atom. The van der Waals surface area contributed by atoms with Gasteiger partial charge in [0, 0.05) is 64.5 Å². The molecule has 3 aliphatic rings. The molecule has 1 atom stereocenters. The summed E-state index contributed by atoms with van der Waals surface area (Å²) in [6.07, 6.45) is 1.86. The van der Waals surface area contributed by atoms with Crippen LogP contribution >= 0.6 is 0 Å². The van der Waals surface area contributed by atoms with Crippen molar-refractivity contribution in [3.8, 4) is 0 Å². The number of carbonyl (C=O) groups excluding carboxylic acids is 2. The molecular weight excluding hydrogens is 570 g/mol. The number of rotatable bonds is 7. The highest BCUT2D eigenvalue weighted by Gasteiger charge is 2.42. The van der Waals surface area contributed by atoms with E-state index >= 15 is 0 Å². The van der Waals surface area contributed by atoms with Crippen LogP contribution in [0.3, 0.4) is 0 Å². The maximum Gasteiger partial charge on any atom is 0.338 e. The first-order valence-corrected chi connectivity index (χ1v) is 16.6. The molecule has 1 aromatic rings. The average molecular weight is 630 g/mol. The van der Waals surface area contributed by atoms with Crippen LogP contribution in [-0.2, 0) is 14.2 Å². The maximum absolute atomic E-state index is 13.7. The number of benzene rings is 1. The highest BCUT2D eigenvalue weighted by molar-refractivity contribution is 5.96. The van der Waals surface area contributed by atoms with Crippen molar-refractivity contribution in [3.63, 3.8) is 0 Å². The van der Waals surface area contributed by atoms with Gasteiger partial charge in [0.2, 0.25) is 0 Å². The van der Waals surface area contributed by atoms with Crippen molar-refractivity contribution in [3.05, 3.63) is 34.9 Å². The van der Waals surface area contributed by atoms with Crippen LogP contribution in [0, 0.1) is 0 Å². The zero-order chi connectivity index (χ0) is 33.8. The Labute approximate surface area is 270 Å². The number of ether oxygens (including phenoxy) is 3. The molecule has 1 aromatic carbocycles. The van der Waals surface area contributed by atoms with E-state index in [4.69, 9.17) is 14.2 Å². The molecule has 0 aromatic heterocycles. The van der Waals surface area contributed by atoms with E-state index in [9.17, 15) is 14.7 Å². The SMILES string of the molecule is CC1(C)CC(OC(=O)c2cc(C(=O)OC3CC(C)(C)NC(C)(C)C3)cc(C(O)OC3CC(C)(C)NC(C)(C)C3)c2)CC(C)(C)N1. The van der Waals surface area contributed by atoms with Crippen molar-refractivity contribution in [2.45, 2.75) is 179 Å². The minimum absolute atomic E-state index is 0.181. The Kier molecular flexibility index (Phi) is 9.71. The molecule has 9 nitrogen and oxygen atoms in total. The summed E-state index contributed by atoms with van der Waals surface area (Å²) >= 11 is 0. The van der Waals surface area contributed by atoms with Crippen LogP contribution < -0.4 is 16.0 Å². The van der Waals surface area contributed by atoms with Gasteiger partial charge in [-0.25, -0.2) is 9.59 Å². The second-order valence-corrected chi connectivity index (χ2v) is 17.9. The van der Waals surface area contributed by atoms with Gasteiger partial charge in [-0.05, 0) is 114 Å². The van der Waals surface area contributed by atoms with Gasteiger partial charge in [0.15, 0.2) is 6.29 Å². The Morgan fingerprint density at radius 1 is 0.578 bits per heavy atom. The first-order chi connectivity index (χ1) is 20.3. The molecule has 254 valence electrons. The van der Waals surface area contributed by atoms with Crippen LogP contribution in [0.4, 0.5) is 0 Å². The van der Waals surface area contributed by atoms with Crippen LogP contribution in [0.1, 0.15) is 154 Å². The molecule has 3 saturated heterocycles. The standard InChI is InChI=1S/C36H59N3O6/c1-31(2)16-25(17-32(3,4)37-31)43-28(40)22-13-23(29(41)44-26-18-33(5,6)38-34(7,8)19-26)15-24(14-22)30(42)45-27-20-35(9,10)39-36(11,12)21-27/h13-15,25-28,37-40H,16-21H2,1-12H3. The van der Waals surface area contributed by atoms with Crippen LogP contribution in [-0.4, -0.2) is 68.6 Å². The number of piperidine rings is 3. The Morgan fingerprint density at radius 2 is 0.867 bits per heavy atom. The van der Waals surface area contributed by atoms with Gasteiger partial charge in [-0.3, -0.25) is 0 Å². The maximum atomic E-state index is 13.7. The first-order valence-electron chi connectivity index (χ1n) is 16.6. The van der Waals surface area contributed by atoms with Gasteiger partial charge in [0.1, 0.15) is 12.2 Å². The number of aliphatic hydroxyl groups excluding tert-OH is 1. The molecule has 4 rings (SSSR count). The molecule has 4 N–H and O–H groups in total. The third-order valence-corrected chi connectivity index (χ3v) is 9.04. The number of hydrogen-bond donors (Lipinski definition) is 4. The van der Waals surface area contributed by atoms with E-state index < -0.39 is 18.2 Å². The molecular formula is C36H59N3O6. The smallest absolute Gasteiger partial charge is 0.338 e. The molecule has 0 spiro atoms. The van der Waals surface area contributed by atoms with E-state index in [0.29, 0.717) is 44.1 Å². The number of aliphatic hydroxyl groups is 1. The predicted molar refractivity (Wildman–Crippen MR) is 176 cm³/mol. The summed E-state index contributed by atoms with van der Waals surface area (Å²) in [6.45, 7) is 25.3. The lowest BCUT2D eigenvalue weighted by Gasteiger charge is -2.46. The zero-order valence-electron chi connectivity index (χ0n) is 29.8. The van der Waals surface area contributed by atoms with Gasteiger partial charge >= 0.3 is 11.9 Å². The van der Waals surface area contributed by atoms with Crippen LogP contribution in [0.2, 0.25) is 0 Å². The van der Waals surface area contributed by atoms with Gasteiger partial charge in [0.05, 0.1) is 17.2 Å². The molecule has 3 aliphatic heterocycles. The van der Waals surface area contributed by atoms with Crippen LogP contribution in [0.5, 0.6) is 0 Å². The Bertz CT molecular complexity index is 1150. The van der Waals surface area contributed by atoms with Gasteiger partial charge in [-0.2, -0.15) is 0 Å². The second-order valence-electron chi connectivity index (χ2n) is 17.9. The fraction of sp³-hybridized carbons (Fsp3) is 0.778. The second kappa shape index (κ2) is 12.2. The minimum Gasteiger partial charge on any atom is -0.459 e. The van der Waals surface area contributed by atoms with Gasteiger partial charge in [-0.1, -0.05) is 0 Å². The topological polar surface area (TPSA) is 118 Å². The molecule has 0 saturated carbocycles. The van der Waals surface area contributed by atoms with Crippen molar-refractivity contribution in [2.24, 2.45) is 0 Å². The third kappa shape index (κ3) is 9.97. The number of hydrogen-bond acceptors (Lipinski definition) is 9. The lowest BCUT2D eigenvalue weighted by Crippen LogP contribution is -2.59.